The highest BCUT2D eigenvalue weighted by Crippen LogP contribution is 2.37. The lowest BCUT2D eigenvalue weighted by Crippen LogP contribution is -2.43. The van der Waals surface area contributed by atoms with Gasteiger partial charge >= 0.3 is 0 Å². The third-order valence-electron chi connectivity index (χ3n) is 6.09. The summed E-state index contributed by atoms with van der Waals surface area (Å²) in [6.45, 7) is 5.22. The van der Waals surface area contributed by atoms with Crippen LogP contribution in [-0.2, 0) is 17.9 Å². The van der Waals surface area contributed by atoms with E-state index in [1.165, 1.54) is 11.3 Å². The molecule has 1 amide bonds. The summed E-state index contributed by atoms with van der Waals surface area (Å²) in [6.07, 6.45) is 0. The van der Waals surface area contributed by atoms with Gasteiger partial charge in [-0.2, -0.15) is 0 Å². The summed E-state index contributed by atoms with van der Waals surface area (Å²) in [4.78, 5) is 22.3. The highest BCUT2D eigenvalue weighted by Gasteiger charge is 2.20. The number of carbonyl (C=O) groups is 1. The van der Waals surface area contributed by atoms with Crippen LogP contribution in [0, 0.1) is 0 Å². The summed E-state index contributed by atoms with van der Waals surface area (Å²) in [5.74, 6) is 2.39. The Bertz CT molecular complexity index is 1130. The van der Waals surface area contributed by atoms with Crippen LogP contribution in [0.25, 0.3) is 0 Å². The second-order valence-electron chi connectivity index (χ2n) is 8.42. The van der Waals surface area contributed by atoms with Crippen LogP contribution in [0.3, 0.4) is 0 Å². The summed E-state index contributed by atoms with van der Waals surface area (Å²) >= 11 is 1.50. The molecule has 1 fully saturated rings. The standard InChI is InChI=1S/C27H33N3O6S/c1-32-22-9-7-20(8-10-22)27(31)30(12-11-29-13-15-35-16-14-29)17-21-19-37-25(28-21)18-36-26-23(33-2)5-4-6-24(26)34-3/h4-10,19H,11-18H2,1-3H3. The van der Waals surface area contributed by atoms with Crippen molar-refractivity contribution in [3.63, 3.8) is 0 Å². The maximum absolute atomic E-state index is 13.4. The van der Waals surface area contributed by atoms with Gasteiger partial charge in [0.15, 0.2) is 11.5 Å². The van der Waals surface area contributed by atoms with Crippen molar-refractivity contribution in [3.8, 4) is 23.0 Å². The van der Waals surface area contributed by atoms with Gasteiger partial charge in [0.2, 0.25) is 5.75 Å². The summed E-state index contributed by atoms with van der Waals surface area (Å²) in [6, 6.07) is 12.7. The number of hydrogen-bond acceptors (Lipinski definition) is 9. The first-order valence-corrected chi connectivity index (χ1v) is 13.0. The van der Waals surface area contributed by atoms with Crippen LogP contribution in [-0.4, -0.2) is 81.4 Å². The third-order valence-corrected chi connectivity index (χ3v) is 6.96. The fourth-order valence-electron chi connectivity index (χ4n) is 4.03. The van der Waals surface area contributed by atoms with Gasteiger partial charge in [-0.25, -0.2) is 4.98 Å². The van der Waals surface area contributed by atoms with Crippen LogP contribution in [0.4, 0.5) is 0 Å². The van der Waals surface area contributed by atoms with E-state index in [0.29, 0.717) is 41.7 Å². The quantitative estimate of drug-likeness (QED) is 0.353. The maximum atomic E-state index is 13.4. The average Bonchev–Trinajstić information content (AvgIpc) is 3.41. The molecule has 1 aliphatic rings. The van der Waals surface area contributed by atoms with Crippen LogP contribution in [0.2, 0.25) is 0 Å². The molecule has 1 saturated heterocycles. The van der Waals surface area contributed by atoms with Gasteiger partial charge in [-0.15, -0.1) is 11.3 Å². The number of nitrogens with zero attached hydrogens (tertiary/aromatic N) is 3. The number of aromatic nitrogens is 1. The van der Waals surface area contributed by atoms with Crippen molar-refractivity contribution in [1.29, 1.82) is 0 Å². The van der Waals surface area contributed by atoms with Crippen LogP contribution in [0.5, 0.6) is 23.0 Å². The molecule has 0 spiro atoms. The van der Waals surface area contributed by atoms with E-state index >= 15 is 0 Å². The second-order valence-corrected chi connectivity index (χ2v) is 9.36. The van der Waals surface area contributed by atoms with E-state index in [1.54, 1.807) is 45.6 Å². The van der Waals surface area contributed by atoms with Crippen LogP contribution >= 0.6 is 11.3 Å². The topological polar surface area (TPSA) is 82.6 Å². The highest BCUT2D eigenvalue weighted by atomic mass is 32.1. The Morgan fingerprint density at radius 2 is 1.73 bits per heavy atom. The van der Waals surface area contributed by atoms with Gasteiger partial charge in [-0.05, 0) is 36.4 Å². The van der Waals surface area contributed by atoms with Crippen molar-refractivity contribution < 1.29 is 28.5 Å². The number of para-hydroxylation sites is 1. The zero-order valence-corrected chi connectivity index (χ0v) is 22.3. The minimum absolute atomic E-state index is 0.0412. The fraction of sp³-hybridized carbons (Fsp3) is 0.407. The molecule has 0 bridgehead atoms. The molecular formula is C27H33N3O6S. The van der Waals surface area contributed by atoms with E-state index in [1.807, 2.05) is 28.5 Å². The Kier molecular flexibility index (Phi) is 9.58. The van der Waals surface area contributed by atoms with E-state index in [-0.39, 0.29) is 12.5 Å². The summed E-state index contributed by atoms with van der Waals surface area (Å²) in [7, 11) is 4.79. The monoisotopic (exact) mass is 527 g/mol. The van der Waals surface area contributed by atoms with Crippen molar-refractivity contribution in [1.82, 2.24) is 14.8 Å². The predicted molar refractivity (Wildman–Crippen MR) is 141 cm³/mol. The van der Waals surface area contributed by atoms with Crippen LogP contribution in [0.1, 0.15) is 21.1 Å². The van der Waals surface area contributed by atoms with Crippen molar-refractivity contribution >= 4 is 17.2 Å². The summed E-state index contributed by atoms with van der Waals surface area (Å²) in [5.41, 5.74) is 1.43. The number of benzene rings is 2. The minimum Gasteiger partial charge on any atom is -0.497 e. The van der Waals surface area contributed by atoms with Gasteiger partial charge in [-0.3, -0.25) is 9.69 Å². The van der Waals surface area contributed by atoms with Crippen molar-refractivity contribution in [2.75, 3.05) is 60.7 Å². The molecule has 3 aromatic rings. The number of hydrogen-bond donors (Lipinski definition) is 0. The van der Waals surface area contributed by atoms with Gasteiger partial charge in [0, 0.05) is 37.1 Å². The van der Waals surface area contributed by atoms with Gasteiger partial charge in [0.05, 0.1) is 46.8 Å². The third kappa shape index (κ3) is 7.12. The second kappa shape index (κ2) is 13.3. The Hall–Kier alpha value is -3.34. The van der Waals surface area contributed by atoms with E-state index in [9.17, 15) is 4.79 Å². The van der Waals surface area contributed by atoms with Crippen molar-refractivity contribution in [3.05, 3.63) is 64.1 Å². The molecule has 1 aromatic heterocycles. The van der Waals surface area contributed by atoms with Crippen molar-refractivity contribution in [2.45, 2.75) is 13.2 Å². The first-order chi connectivity index (χ1) is 18.1. The number of rotatable bonds is 12. The first kappa shape index (κ1) is 26.7. The highest BCUT2D eigenvalue weighted by molar-refractivity contribution is 7.09. The molecule has 37 heavy (non-hydrogen) atoms. The first-order valence-electron chi connectivity index (χ1n) is 12.1. The maximum Gasteiger partial charge on any atom is 0.254 e. The zero-order valence-electron chi connectivity index (χ0n) is 21.5. The Labute approximate surface area is 221 Å². The normalized spacial score (nSPS) is 13.7. The fourth-order valence-corrected chi connectivity index (χ4v) is 4.73. The Morgan fingerprint density at radius 3 is 2.38 bits per heavy atom. The number of carbonyl (C=O) groups excluding carboxylic acids is 1. The summed E-state index contributed by atoms with van der Waals surface area (Å²) in [5, 5.41) is 2.77. The molecule has 2 aromatic carbocycles. The van der Waals surface area contributed by atoms with Gasteiger partial charge in [0.1, 0.15) is 17.4 Å². The largest absolute Gasteiger partial charge is 0.497 e. The molecule has 0 atom stereocenters. The van der Waals surface area contributed by atoms with E-state index in [0.717, 1.165) is 43.5 Å². The predicted octanol–water partition coefficient (Wildman–Crippen LogP) is 3.72. The molecule has 198 valence electrons. The molecule has 0 aliphatic carbocycles. The molecule has 0 radical (unpaired) electrons. The lowest BCUT2D eigenvalue weighted by Gasteiger charge is -2.30. The number of methoxy groups -OCH3 is 3. The van der Waals surface area contributed by atoms with E-state index in [2.05, 4.69) is 4.90 Å². The molecule has 4 rings (SSSR count). The number of thiazole rings is 1. The lowest BCUT2D eigenvalue weighted by atomic mass is 10.2. The van der Waals surface area contributed by atoms with Gasteiger partial charge in [-0.1, -0.05) is 6.07 Å². The molecule has 9 nitrogen and oxygen atoms in total. The SMILES string of the molecule is COc1ccc(C(=O)N(CCN2CCOCC2)Cc2csc(COc3c(OC)cccc3OC)n2)cc1. The zero-order chi connectivity index (χ0) is 26.0. The van der Waals surface area contributed by atoms with Crippen molar-refractivity contribution in [2.24, 2.45) is 0 Å². The molecule has 0 unspecified atom stereocenters. The van der Waals surface area contributed by atoms with E-state index in [4.69, 9.17) is 28.7 Å². The average molecular weight is 528 g/mol. The molecule has 0 saturated carbocycles. The molecule has 10 heteroatoms. The lowest BCUT2D eigenvalue weighted by molar-refractivity contribution is 0.0319. The van der Waals surface area contributed by atoms with Gasteiger partial charge in [0.25, 0.3) is 5.91 Å². The van der Waals surface area contributed by atoms with Crippen LogP contribution < -0.4 is 18.9 Å². The number of amides is 1. The minimum atomic E-state index is -0.0412. The Morgan fingerprint density at radius 1 is 1.03 bits per heavy atom. The summed E-state index contributed by atoms with van der Waals surface area (Å²) < 4.78 is 27.5. The smallest absolute Gasteiger partial charge is 0.254 e. The number of ether oxygens (including phenoxy) is 5. The number of morpholine rings is 1. The van der Waals surface area contributed by atoms with Gasteiger partial charge < -0.3 is 28.6 Å². The molecular weight excluding hydrogens is 494 g/mol. The molecule has 2 heterocycles. The molecule has 0 N–H and O–H groups in total. The molecule has 1 aliphatic heterocycles. The Balaban J connectivity index is 1.44. The van der Waals surface area contributed by atoms with E-state index < -0.39 is 0 Å². The van der Waals surface area contributed by atoms with Crippen LogP contribution in [0.15, 0.2) is 47.8 Å².